The highest BCUT2D eigenvalue weighted by Crippen LogP contribution is 2.19. The van der Waals surface area contributed by atoms with Crippen molar-refractivity contribution in [3.8, 4) is 0 Å². The molecule has 0 saturated carbocycles. The standard InChI is InChI=1S/C6H12O5/c1-10-2-3-4(7)5(8)6(9)11-3/h3-9H,2H2,1H3. The van der Waals surface area contributed by atoms with Crippen LogP contribution < -0.4 is 0 Å². The van der Waals surface area contributed by atoms with Gasteiger partial charge in [0.25, 0.3) is 0 Å². The van der Waals surface area contributed by atoms with Crippen LogP contribution in [0, 0.1) is 0 Å². The molecular weight excluding hydrogens is 152 g/mol. The smallest absolute Gasteiger partial charge is 0.184 e. The third kappa shape index (κ3) is 1.69. The molecule has 0 aliphatic carbocycles. The summed E-state index contributed by atoms with van der Waals surface area (Å²) in [5, 5.41) is 27.0. The molecule has 3 N–H and O–H groups in total. The summed E-state index contributed by atoms with van der Waals surface area (Å²) in [7, 11) is 1.45. The quantitative estimate of drug-likeness (QED) is 0.443. The van der Waals surface area contributed by atoms with Crippen molar-refractivity contribution in [1.82, 2.24) is 0 Å². The van der Waals surface area contributed by atoms with Crippen molar-refractivity contribution in [2.75, 3.05) is 13.7 Å². The molecule has 0 aromatic heterocycles. The summed E-state index contributed by atoms with van der Waals surface area (Å²) < 4.78 is 9.44. The van der Waals surface area contributed by atoms with Gasteiger partial charge in [-0.2, -0.15) is 0 Å². The van der Waals surface area contributed by atoms with Crippen LogP contribution in [-0.4, -0.2) is 53.6 Å². The number of hydrogen-bond acceptors (Lipinski definition) is 5. The molecule has 66 valence electrons. The van der Waals surface area contributed by atoms with Gasteiger partial charge < -0.3 is 24.8 Å². The molecular formula is C6H12O5. The molecule has 11 heavy (non-hydrogen) atoms. The molecule has 1 rings (SSSR count). The Bertz CT molecular complexity index is 128. The van der Waals surface area contributed by atoms with Crippen LogP contribution in [-0.2, 0) is 9.47 Å². The van der Waals surface area contributed by atoms with E-state index in [1.165, 1.54) is 7.11 Å². The molecule has 1 aliphatic heterocycles. The van der Waals surface area contributed by atoms with Crippen LogP contribution in [0.4, 0.5) is 0 Å². The summed E-state index contributed by atoms with van der Waals surface area (Å²) in [4.78, 5) is 0. The predicted octanol–water partition coefficient (Wildman–Crippen LogP) is -1.93. The van der Waals surface area contributed by atoms with Crippen molar-refractivity contribution in [2.24, 2.45) is 0 Å². The Kier molecular flexibility index (Phi) is 2.80. The van der Waals surface area contributed by atoms with Crippen LogP contribution in [0.5, 0.6) is 0 Å². The Morgan fingerprint density at radius 2 is 1.91 bits per heavy atom. The monoisotopic (exact) mass is 164 g/mol. The van der Waals surface area contributed by atoms with Gasteiger partial charge in [0.15, 0.2) is 6.29 Å². The zero-order valence-electron chi connectivity index (χ0n) is 6.17. The average Bonchev–Trinajstić information content (AvgIpc) is 2.19. The van der Waals surface area contributed by atoms with E-state index < -0.39 is 24.6 Å². The second-order valence-corrected chi connectivity index (χ2v) is 2.50. The van der Waals surface area contributed by atoms with Crippen molar-refractivity contribution in [2.45, 2.75) is 24.6 Å². The molecule has 0 radical (unpaired) electrons. The van der Waals surface area contributed by atoms with Crippen LogP contribution in [0.2, 0.25) is 0 Å². The molecule has 1 fully saturated rings. The summed E-state index contributed by atoms with van der Waals surface area (Å²) in [6.07, 6.45) is -4.23. The van der Waals surface area contributed by atoms with Crippen molar-refractivity contribution in [3.63, 3.8) is 0 Å². The number of ether oxygens (including phenoxy) is 2. The maximum absolute atomic E-state index is 9.14. The average molecular weight is 164 g/mol. The summed E-state index contributed by atoms with van der Waals surface area (Å²) in [6.45, 7) is 0.162. The lowest BCUT2D eigenvalue weighted by molar-refractivity contribution is -0.134. The van der Waals surface area contributed by atoms with Crippen molar-refractivity contribution < 1.29 is 24.8 Å². The predicted molar refractivity (Wildman–Crippen MR) is 34.8 cm³/mol. The topological polar surface area (TPSA) is 79.2 Å². The minimum absolute atomic E-state index is 0.162. The van der Waals surface area contributed by atoms with Gasteiger partial charge in [0.1, 0.15) is 18.3 Å². The van der Waals surface area contributed by atoms with Crippen molar-refractivity contribution >= 4 is 0 Å². The first-order valence-electron chi connectivity index (χ1n) is 3.35. The fraction of sp³-hybridized carbons (Fsp3) is 1.00. The van der Waals surface area contributed by atoms with E-state index in [2.05, 4.69) is 4.74 Å². The molecule has 0 aromatic carbocycles. The summed E-state index contributed by atoms with van der Waals surface area (Å²) in [6, 6.07) is 0. The highest BCUT2D eigenvalue weighted by Gasteiger charge is 2.41. The lowest BCUT2D eigenvalue weighted by Gasteiger charge is -2.11. The Morgan fingerprint density at radius 1 is 1.27 bits per heavy atom. The van der Waals surface area contributed by atoms with Gasteiger partial charge in [-0.1, -0.05) is 0 Å². The number of methoxy groups -OCH3 is 1. The maximum atomic E-state index is 9.14. The molecule has 0 spiro atoms. The third-order valence-electron chi connectivity index (χ3n) is 1.67. The molecule has 5 heteroatoms. The van der Waals surface area contributed by atoms with Crippen LogP contribution in [0.1, 0.15) is 0 Å². The van der Waals surface area contributed by atoms with E-state index in [0.717, 1.165) is 0 Å². The van der Waals surface area contributed by atoms with E-state index in [-0.39, 0.29) is 6.61 Å². The number of aliphatic hydroxyl groups excluding tert-OH is 3. The van der Waals surface area contributed by atoms with E-state index in [1.54, 1.807) is 0 Å². The van der Waals surface area contributed by atoms with Crippen LogP contribution in [0.25, 0.3) is 0 Å². The lowest BCUT2D eigenvalue weighted by Crippen LogP contribution is -2.34. The Hall–Kier alpha value is -0.200. The SMILES string of the molecule is COCC1OC(O)C(O)C1O. The fourth-order valence-electron chi connectivity index (χ4n) is 1.03. The maximum Gasteiger partial charge on any atom is 0.184 e. The largest absolute Gasteiger partial charge is 0.387 e. The summed E-state index contributed by atoms with van der Waals surface area (Å²) in [5.74, 6) is 0. The van der Waals surface area contributed by atoms with E-state index in [9.17, 15) is 0 Å². The minimum Gasteiger partial charge on any atom is -0.387 e. The number of hydrogen-bond donors (Lipinski definition) is 3. The molecule has 4 unspecified atom stereocenters. The Balaban J connectivity index is 2.45. The van der Waals surface area contributed by atoms with Gasteiger partial charge >= 0.3 is 0 Å². The molecule has 0 aromatic rings. The van der Waals surface area contributed by atoms with E-state index >= 15 is 0 Å². The molecule has 4 atom stereocenters. The van der Waals surface area contributed by atoms with Crippen LogP contribution in [0.15, 0.2) is 0 Å². The Labute approximate surface area is 64.2 Å². The van der Waals surface area contributed by atoms with Gasteiger partial charge in [-0.05, 0) is 0 Å². The summed E-state index contributed by atoms with van der Waals surface area (Å²) in [5.41, 5.74) is 0. The molecule has 1 aliphatic rings. The highest BCUT2D eigenvalue weighted by molar-refractivity contribution is 4.85. The third-order valence-corrected chi connectivity index (χ3v) is 1.67. The van der Waals surface area contributed by atoms with E-state index in [0.29, 0.717) is 0 Å². The van der Waals surface area contributed by atoms with Gasteiger partial charge in [0.05, 0.1) is 6.61 Å². The minimum atomic E-state index is -1.30. The van der Waals surface area contributed by atoms with Crippen molar-refractivity contribution in [3.05, 3.63) is 0 Å². The van der Waals surface area contributed by atoms with Crippen LogP contribution in [0.3, 0.4) is 0 Å². The summed E-state index contributed by atoms with van der Waals surface area (Å²) >= 11 is 0. The normalized spacial score (nSPS) is 44.7. The van der Waals surface area contributed by atoms with E-state index in [4.69, 9.17) is 20.1 Å². The molecule has 1 heterocycles. The van der Waals surface area contributed by atoms with E-state index in [1.807, 2.05) is 0 Å². The second kappa shape index (κ2) is 3.46. The van der Waals surface area contributed by atoms with Gasteiger partial charge in [-0.25, -0.2) is 0 Å². The van der Waals surface area contributed by atoms with Crippen LogP contribution >= 0.6 is 0 Å². The molecule has 5 nitrogen and oxygen atoms in total. The molecule has 0 bridgehead atoms. The molecule has 0 amide bonds. The highest BCUT2D eigenvalue weighted by atomic mass is 16.7. The van der Waals surface area contributed by atoms with Gasteiger partial charge in [-0.15, -0.1) is 0 Å². The van der Waals surface area contributed by atoms with Crippen molar-refractivity contribution in [1.29, 1.82) is 0 Å². The zero-order chi connectivity index (χ0) is 8.43. The van der Waals surface area contributed by atoms with Gasteiger partial charge in [0.2, 0.25) is 0 Å². The first kappa shape index (κ1) is 8.89. The first-order chi connectivity index (χ1) is 5.16. The van der Waals surface area contributed by atoms with Gasteiger partial charge in [0, 0.05) is 7.11 Å². The lowest BCUT2D eigenvalue weighted by atomic mass is 10.1. The molecule has 1 saturated heterocycles. The Morgan fingerprint density at radius 3 is 2.27 bits per heavy atom. The zero-order valence-corrected chi connectivity index (χ0v) is 6.17. The second-order valence-electron chi connectivity index (χ2n) is 2.50. The van der Waals surface area contributed by atoms with Gasteiger partial charge in [-0.3, -0.25) is 0 Å². The fourth-order valence-corrected chi connectivity index (χ4v) is 1.03. The first-order valence-corrected chi connectivity index (χ1v) is 3.35. The number of aliphatic hydroxyl groups is 3. The number of rotatable bonds is 2.